The van der Waals surface area contributed by atoms with Gasteiger partial charge in [-0.2, -0.15) is 0 Å². The van der Waals surface area contributed by atoms with E-state index in [9.17, 15) is 14.4 Å². The van der Waals surface area contributed by atoms with Crippen molar-refractivity contribution in [1.82, 2.24) is 9.13 Å². The molecule has 0 amide bonds. The number of ketones is 1. The molecule has 0 unspecified atom stereocenters. The smallest absolute Gasteiger partial charge is 0.341 e. The van der Waals surface area contributed by atoms with Crippen LogP contribution in [0.1, 0.15) is 83.0 Å². The van der Waals surface area contributed by atoms with Crippen molar-refractivity contribution >= 4 is 51.3 Å². The summed E-state index contributed by atoms with van der Waals surface area (Å²) in [6, 6.07) is 13.1. The van der Waals surface area contributed by atoms with Crippen LogP contribution in [0.4, 0.5) is 0 Å². The van der Waals surface area contributed by atoms with Crippen LogP contribution in [0.3, 0.4) is 0 Å². The van der Waals surface area contributed by atoms with Gasteiger partial charge in [0.15, 0.2) is 10.6 Å². The lowest BCUT2D eigenvalue weighted by Gasteiger charge is -2.27. The normalized spacial score (nSPS) is 16.1. The fraction of sp³-hybridized carbons (Fsp3) is 0.316. The highest BCUT2D eigenvalue weighted by Crippen LogP contribution is 2.41. The second kappa shape index (κ2) is 12.5. The van der Waals surface area contributed by atoms with Crippen molar-refractivity contribution in [3.8, 4) is 10.8 Å². The van der Waals surface area contributed by atoms with E-state index in [1.54, 1.807) is 23.0 Å². The maximum atomic E-state index is 14.5. The van der Waals surface area contributed by atoms with Gasteiger partial charge in [-0.3, -0.25) is 14.2 Å². The number of hydrogen-bond donors (Lipinski definition) is 0. The first-order valence-electron chi connectivity index (χ1n) is 16.2. The van der Waals surface area contributed by atoms with E-state index in [0.717, 1.165) is 69.5 Å². The van der Waals surface area contributed by atoms with Gasteiger partial charge in [0.05, 0.1) is 29.9 Å². The van der Waals surface area contributed by atoms with Crippen LogP contribution in [0.5, 0.6) is 5.75 Å². The fourth-order valence-corrected chi connectivity index (χ4v) is 9.81. The first kappa shape index (κ1) is 32.0. The standard InChI is InChI=1S/C38H37N3O5S2/c1-7-46-37(44)33-27-14-10-11-15-29(27)47-36(33)40-20(2)18-25(22(40)4)19-30-35(43)41-34(31(23(5)42)21(3)39-38(41)48-30)32-26-13-9-8-12-24(26)16-17-28(32)45-6/h8-9,12-13,16-19,34H,7,10-11,14-15H2,1-6H3/t34-/m0/s1. The van der Waals surface area contributed by atoms with Crippen molar-refractivity contribution < 1.29 is 19.1 Å². The zero-order chi connectivity index (χ0) is 33.9. The molecule has 48 heavy (non-hydrogen) atoms. The number of allylic oxidation sites excluding steroid dienone is 2. The van der Waals surface area contributed by atoms with E-state index in [2.05, 4.69) is 10.6 Å². The lowest BCUT2D eigenvalue weighted by atomic mass is 9.89. The van der Waals surface area contributed by atoms with E-state index in [4.69, 9.17) is 14.5 Å². The molecule has 1 atom stereocenters. The SMILES string of the molecule is CCOC(=O)c1c(-n2c(C)cc(C=c3sc4n(c3=O)[C@H](c3c(OC)ccc5ccccc35)C(C(C)=O)=C(C)N=4)c2C)sc2c1CCCC2. The van der Waals surface area contributed by atoms with Crippen LogP contribution >= 0.6 is 22.7 Å². The zero-order valence-corrected chi connectivity index (χ0v) is 29.6. The lowest BCUT2D eigenvalue weighted by Crippen LogP contribution is -2.39. The van der Waals surface area contributed by atoms with Crippen LogP contribution < -0.4 is 19.6 Å². The summed E-state index contributed by atoms with van der Waals surface area (Å²) in [5, 5.41) is 2.77. The molecule has 1 aliphatic heterocycles. The number of hydrogen-bond acceptors (Lipinski definition) is 8. The van der Waals surface area contributed by atoms with Gasteiger partial charge in [-0.1, -0.05) is 41.7 Å². The van der Waals surface area contributed by atoms with E-state index >= 15 is 0 Å². The second-order valence-corrected chi connectivity index (χ2v) is 14.4. The van der Waals surface area contributed by atoms with Gasteiger partial charge in [-0.25, -0.2) is 9.79 Å². The van der Waals surface area contributed by atoms with Gasteiger partial charge in [0, 0.05) is 33.1 Å². The van der Waals surface area contributed by atoms with Crippen LogP contribution in [0.2, 0.25) is 0 Å². The van der Waals surface area contributed by atoms with Crippen molar-refractivity contribution in [3.63, 3.8) is 0 Å². The minimum atomic E-state index is -0.709. The number of thiazole rings is 1. The number of rotatable bonds is 7. The van der Waals surface area contributed by atoms with Gasteiger partial charge in [-0.15, -0.1) is 11.3 Å². The number of aromatic nitrogens is 2. The third kappa shape index (κ3) is 5.09. The quantitative estimate of drug-likeness (QED) is 0.183. The Hall–Kier alpha value is -4.54. The van der Waals surface area contributed by atoms with E-state index in [1.807, 2.05) is 70.2 Å². The van der Waals surface area contributed by atoms with E-state index in [1.165, 1.54) is 23.1 Å². The molecule has 0 saturated heterocycles. The van der Waals surface area contributed by atoms with Crippen molar-refractivity contribution in [2.75, 3.05) is 13.7 Å². The molecule has 246 valence electrons. The number of thiophene rings is 1. The molecule has 8 nitrogen and oxygen atoms in total. The summed E-state index contributed by atoms with van der Waals surface area (Å²) in [5.74, 6) is 0.168. The Morgan fingerprint density at radius 2 is 1.83 bits per heavy atom. The van der Waals surface area contributed by atoms with E-state index < -0.39 is 6.04 Å². The highest BCUT2D eigenvalue weighted by atomic mass is 32.1. The van der Waals surface area contributed by atoms with Crippen LogP contribution in [0.25, 0.3) is 21.8 Å². The maximum absolute atomic E-state index is 14.5. The molecule has 0 saturated carbocycles. The maximum Gasteiger partial charge on any atom is 0.341 e. The predicted molar refractivity (Wildman–Crippen MR) is 191 cm³/mol. The molecule has 0 fully saturated rings. The minimum Gasteiger partial charge on any atom is -0.496 e. The average Bonchev–Trinajstić information content (AvgIpc) is 3.69. The number of carbonyl (C=O) groups excluding carboxylic acids is 2. The van der Waals surface area contributed by atoms with Crippen LogP contribution in [-0.2, 0) is 22.4 Å². The Kier molecular flexibility index (Phi) is 8.33. The molecule has 0 N–H and O–H groups in total. The van der Waals surface area contributed by atoms with Gasteiger partial charge in [0.2, 0.25) is 0 Å². The van der Waals surface area contributed by atoms with Crippen LogP contribution in [0, 0.1) is 13.8 Å². The number of esters is 1. The molecular weight excluding hydrogens is 643 g/mol. The van der Waals surface area contributed by atoms with Crippen molar-refractivity contribution in [2.45, 2.75) is 66.3 Å². The number of fused-ring (bicyclic) bond motifs is 3. The third-order valence-electron chi connectivity index (χ3n) is 9.42. The summed E-state index contributed by atoms with van der Waals surface area (Å²) in [5.41, 5.74) is 6.13. The molecule has 1 aliphatic carbocycles. The van der Waals surface area contributed by atoms with Crippen molar-refractivity contribution in [1.29, 1.82) is 0 Å². The molecule has 2 aromatic carbocycles. The Labute approximate surface area is 286 Å². The van der Waals surface area contributed by atoms with Crippen LogP contribution in [0.15, 0.2) is 63.5 Å². The molecular formula is C38H37N3O5S2. The number of methoxy groups -OCH3 is 1. The Bertz CT molecular complexity index is 2370. The molecule has 5 aromatic rings. The third-order valence-corrected chi connectivity index (χ3v) is 11.7. The number of nitrogens with zero attached hydrogens (tertiary/aromatic N) is 3. The number of benzene rings is 2. The molecule has 0 radical (unpaired) electrons. The zero-order valence-electron chi connectivity index (χ0n) is 27.9. The topological polar surface area (TPSA) is 91.9 Å². The average molecular weight is 680 g/mol. The predicted octanol–water partition coefficient (Wildman–Crippen LogP) is 6.51. The molecule has 2 aliphatic rings. The van der Waals surface area contributed by atoms with E-state index in [-0.39, 0.29) is 17.3 Å². The molecule has 10 heteroatoms. The first-order chi connectivity index (χ1) is 23.1. The van der Waals surface area contributed by atoms with Crippen LogP contribution in [-0.4, -0.2) is 34.6 Å². The van der Waals surface area contributed by atoms with Gasteiger partial charge >= 0.3 is 5.97 Å². The van der Waals surface area contributed by atoms with Gasteiger partial charge in [0.1, 0.15) is 10.8 Å². The monoisotopic (exact) mass is 679 g/mol. The minimum absolute atomic E-state index is 0.148. The second-order valence-electron chi connectivity index (χ2n) is 12.3. The summed E-state index contributed by atoms with van der Waals surface area (Å²) in [4.78, 5) is 47.6. The van der Waals surface area contributed by atoms with E-state index in [0.29, 0.717) is 38.5 Å². The molecule has 3 aromatic heterocycles. The molecule has 4 heterocycles. The summed E-state index contributed by atoms with van der Waals surface area (Å²) in [6.45, 7) is 9.54. The van der Waals surface area contributed by atoms with Gasteiger partial charge in [0.25, 0.3) is 5.56 Å². The van der Waals surface area contributed by atoms with Gasteiger partial charge in [-0.05, 0) is 100 Å². The van der Waals surface area contributed by atoms with Crippen molar-refractivity contribution in [2.24, 2.45) is 4.99 Å². The molecule has 0 spiro atoms. The first-order valence-corrected chi connectivity index (χ1v) is 17.9. The Balaban J connectivity index is 1.43. The number of ether oxygens (including phenoxy) is 2. The summed E-state index contributed by atoms with van der Waals surface area (Å²) >= 11 is 2.98. The largest absolute Gasteiger partial charge is 0.496 e. The van der Waals surface area contributed by atoms with Gasteiger partial charge < -0.3 is 14.0 Å². The molecule has 0 bridgehead atoms. The Morgan fingerprint density at radius 1 is 1.06 bits per heavy atom. The molecule has 7 rings (SSSR count). The summed E-state index contributed by atoms with van der Waals surface area (Å²) < 4.78 is 15.7. The highest BCUT2D eigenvalue weighted by Gasteiger charge is 2.34. The number of Topliss-reactive ketones (excluding diaryl/α,β-unsaturated/α-hetero) is 1. The number of carbonyl (C=O) groups is 2. The number of aryl methyl sites for hydroxylation is 2. The Morgan fingerprint density at radius 3 is 2.58 bits per heavy atom. The van der Waals surface area contributed by atoms with Crippen molar-refractivity contribution in [3.05, 3.63) is 112 Å². The summed E-state index contributed by atoms with van der Waals surface area (Å²) in [6.07, 6.45) is 5.91. The fourth-order valence-electron chi connectivity index (χ4n) is 7.29. The lowest BCUT2D eigenvalue weighted by molar-refractivity contribution is -0.114. The summed E-state index contributed by atoms with van der Waals surface area (Å²) in [7, 11) is 1.61. The highest BCUT2D eigenvalue weighted by molar-refractivity contribution is 7.15.